The summed E-state index contributed by atoms with van der Waals surface area (Å²) < 4.78 is 1.67. The molecule has 1 aromatic carbocycles. The highest BCUT2D eigenvalue weighted by Gasteiger charge is 2.14. The molecule has 7 heteroatoms. The van der Waals surface area contributed by atoms with E-state index in [0.717, 1.165) is 11.4 Å². The van der Waals surface area contributed by atoms with E-state index in [1.54, 1.807) is 30.8 Å². The van der Waals surface area contributed by atoms with E-state index in [4.69, 9.17) is 11.6 Å². The second kappa shape index (κ2) is 6.81. The number of hydrogen-bond acceptors (Lipinski definition) is 3. The number of aliphatic hydroxyl groups is 1. The molecule has 0 aliphatic carbocycles. The van der Waals surface area contributed by atoms with Crippen LogP contribution in [0, 0.1) is 6.92 Å². The first kappa shape index (κ1) is 16.3. The number of hydrogen-bond donors (Lipinski definition) is 2. The normalized spacial score (nSPS) is 12.0. The van der Waals surface area contributed by atoms with E-state index in [2.05, 4.69) is 10.4 Å². The third-order valence-corrected chi connectivity index (χ3v) is 3.41. The van der Waals surface area contributed by atoms with Gasteiger partial charge in [-0.1, -0.05) is 23.7 Å². The Labute approximate surface area is 134 Å². The lowest BCUT2D eigenvalue weighted by Crippen LogP contribution is -2.36. The Morgan fingerprint density at radius 3 is 2.82 bits per heavy atom. The van der Waals surface area contributed by atoms with Crippen molar-refractivity contribution in [2.45, 2.75) is 20.0 Å². The largest absolute Gasteiger partial charge is 0.392 e. The molecule has 2 rings (SSSR count). The molecule has 0 bridgehead atoms. The molecule has 1 aromatic heterocycles. The second-order valence-corrected chi connectivity index (χ2v) is 5.60. The first-order chi connectivity index (χ1) is 10.4. The minimum Gasteiger partial charge on any atom is -0.392 e. The van der Waals surface area contributed by atoms with Gasteiger partial charge >= 0.3 is 6.03 Å². The van der Waals surface area contributed by atoms with Crippen LogP contribution in [-0.2, 0) is 0 Å². The lowest BCUT2D eigenvalue weighted by Gasteiger charge is -2.18. The number of anilines is 1. The highest BCUT2D eigenvalue weighted by Crippen LogP contribution is 2.22. The lowest BCUT2D eigenvalue weighted by molar-refractivity contribution is 0.149. The van der Waals surface area contributed by atoms with Gasteiger partial charge in [-0.3, -0.25) is 5.32 Å². The fraction of sp³-hybridized carbons (Fsp3) is 0.333. The fourth-order valence-electron chi connectivity index (χ4n) is 2.09. The van der Waals surface area contributed by atoms with Gasteiger partial charge in [-0.15, -0.1) is 5.10 Å². The number of aliphatic hydroxyl groups excluding tert-OH is 1. The minimum absolute atomic E-state index is 0.246. The summed E-state index contributed by atoms with van der Waals surface area (Å²) in [6.07, 6.45) is -0.585. The number of carbonyl (C=O) groups excluding carboxylic acids is 1. The average Bonchev–Trinajstić information content (AvgIpc) is 2.79. The molecule has 0 saturated carbocycles. The molecule has 0 spiro atoms. The van der Waals surface area contributed by atoms with Gasteiger partial charge in [-0.05, 0) is 26.0 Å². The summed E-state index contributed by atoms with van der Waals surface area (Å²) in [6.45, 7) is 3.75. The summed E-state index contributed by atoms with van der Waals surface area (Å²) in [7, 11) is 1.61. The van der Waals surface area contributed by atoms with Crippen molar-refractivity contribution < 1.29 is 9.90 Å². The van der Waals surface area contributed by atoms with Gasteiger partial charge in [-0.2, -0.15) is 0 Å². The summed E-state index contributed by atoms with van der Waals surface area (Å²) in [6, 6.07) is 8.79. The van der Waals surface area contributed by atoms with Crippen molar-refractivity contribution >= 4 is 23.4 Å². The number of rotatable bonds is 4. The molecule has 1 atom stereocenters. The zero-order valence-corrected chi connectivity index (χ0v) is 13.5. The van der Waals surface area contributed by atoms with Crippen LogP contribution in [0.1, 0.15) is 12.6 Å². The lowest BCUT2D eigenvalue weighted by atomic mass is 10.3. The number of nitrogens with one attached hydrogen (secondary N) is 1. The molecule has 6 nitrogen and oxygen atoms in total. The fourth-order valence-corrected chi connectivity index (χ4v) is 2.30. The van der Waals surface area contributed by atoms with E-state index < -0.39 is 6.10 Å². The minimum atomic E-state index is -0.585. The molecule has 0 radical (unpaired) electrons. The quantitative estimate of drug-likeness (QED) is 0.909. The third kappa shape index (κ3) is 3.78. The molecule has 118 valence electrons. The smallest absolute Gasteiger partial charge is 0.322 e. The Morgan fingerprint density at radius 1 is 1.50 bits per heavy atom. The summed E-state index contributed by atoms with van der Waals surface area (Å²) in [5.74, 6) is 0.430. The predicted octanol–water partition coefficient (Wildman–Crippen LogP) is 2.68. The predicted molar refractivity (Wildman–Crippen MR) is 86.6 cm³/mol. The Hall–Kier alpha value is -2.05. The van der Waals surface area contributed by atoms with Crippen molar-refractivity contribution in [2.24, 2.45) is 0 Å². The molecule has 0 aliphatic heterocycles. The van der Waals surface area contributed by atoms with Crippen LogP contribution in [0.15, 0.2) is 30.3 Å². The Bertz CT molecular complexity index is 669. The number of aromatic nitrogens is 2. The van der Waals surface area contributed by atoms with Gasteiger partial charge in [0, 0.05) is 25.4 Å². The number of benzene rings is 1. The summed E-state index contributed by atoms with van der Waals surface area (Å²) in [4.78, 5) is 13.4. The van der Waals surface area contributed by atoms with Crippen LogP contribution < -0.4 is 5.32 Å². The van der Waals surface area contributed by atoms with Crippen LogP contribution in [0.4, 0.5) is 10.6 Å². The van der Waals surface area contributed by atoms with Gasteiger partial charge in [0.25, 0.3) is 0 Å². The molecular weight excluding hydrogens is 304 g/mol. The first-order valence-corrected chi connectivity index (χ1v) is 7.28. The zero-order chi connectivity index (χ0) is 16.3. The van der Waals surface area contributed by atoms with Crippen molar-refractivity contribution in [3.63, 3.8) is 0 Å². The van der Waals surface area contributed by atoms with Gasteiger partial charge in [0.1, 0.15) is 0 Å². The van der Waals surface area contributed by atoms with E-state index >= 15 is 0 Å². The Balaban J connectivity index is 2.17. The molecule has 22 heavy (non-hydrogen) atoms. The molecule has 0 fully saturated rings. The number of amides is 2. The number of aryl methyl sites for hydroxylation is 1. The van der Waals surface area contributed by atoms with Gasteiger partial charge in [0.2, 0.25) is 0 Å². The van der Waals surface area contributed by atoms with E-state index in [0.29, 0.717) is 10.8 Å². The SMILES string of the molecule is Cc1cc(NC(=O)N(C)C[C@H](C)O)nn1-c1ccccc1Cl. The van der Waals surface area contributed by atoms with Gasteiger partial charge in [0.15, 0.2) is 5.82 Å². The Morgan fingerprint density at radius 2 is 2.18 bits per heavy atom. The van der Waals surface area contributed by atoms with Crippen LogP contribution in [0.2, 0.25) is 5.02 Å². The molecule has 0 saturated heterocycles. The average molecular weight is 323 g/mol. The molecule has 2 amide bonds. The topological polar surface area (TPSA) is 70.4 Å². The maximum atomic E-state index is 12.0. The molecule has 2 aromatic rings. The zero-order valence-electron chi connectivity index (χ0n) is 12.7. The molecule has 0 aliphatic rings. The van der Waals surface area contributed by atoms with Gasteiger partial charge < -0.3 is 10.0 Å². The van der Waals surface area contributed by atoms with Crippen molar-refractivity contribution in [3.8, 4) is 5.69 Å². The van der Waals surface area contributed by atoms with Crippen molar-refractivity contribution in [3.05, 3.63) is 41.0 Å². The monoisotopic (exact) mass is 322 g/mol. The second-order valence-electron chi connectivity index (χ2n) is 5.19. The van der Waals surface area contributed by atoms with Crippen molar-refractivity contribution in [1.82, 2.24) is 14.7 Å². The number of carbonyl (C=O) groups is 1. The van der Waals surface area contributed by atoms with Crippen LogP contribution in [0.25, 0.3) is 5.69 Å². The number of halogens is 1. The number of nitrogens with zero attached hydrogens (tertiary/aromatic N) is 3. The summed E-state index contributed by atoms with van der Waals surface area (Å²) >= 11 is 6.17. The van der Waals surface area contributed by atoms with E-state index in [-0.39, 0.29) is 12.6 Å². The summed E-state index contributed by atoms with van der Waals surface area (Å²) in [5.41, 5.74) is 1.60. The number of urea groups is 1. The third-order valence-electron chi connectivity index (χ3n) is 3.09. The standard InChI is InChI=1S/C15H19ClN4O2/c1-10-8-14(17-15(22)19(3)9-11(2)21)18-20(10)13-7-5-4-6-12(13)16/h4-8,11,21H,9H2,1-3H3,(H,17,18,22)/t11-/m0/s1. The van der Waals surface area contributed by atoms with E-state index in [9.17, 15) is 9.90 Å². The maximum absolute atomic E-state index is 12.0. The van der Waals surface area contributed by atoms with E-state index in [1.165, 1.54) is 4.90 Å². The molecule has 2 N–H and O–H groups in total. The Kier molecular flexibility index (Phi) is 5.05. The molecule has 1 heterocycles. The molecule has 0 unspecified atom stereocenters. The van der Waals surface area contributed by atoms with Gasteiger partial charge in [0.05, 0.1) is 16.8 Å². The summed E-state index contributed by atoms with van der Waals surface area (Å²) in [5, 5.41) is 16.9. The first-order valence-electron chi connectivity index (χ1n) is 6.90. The molecular formula is C15H19ClN4O2. The van der Waals surface area contributed by atoms with Crippen molar-refractivity contribution in [2.75, 3.05) is 18.9 Å². The number of likely N-dealkylation sites (N-methyl/N-ethyl adjacent to an activating group) is 1. The van der Waals surface area contributed by atoms with Crippen LogP contribution in [0.3, 0.4) is 0 Å². The van der Waals surface area contributed by atoms with Crippen LogP contribution in [-0.4, -0.2) is 45.5 Å². The highest BCUT2D eigenvalue weighted by atomic mass is 35.5. The maximum Gasteiger partial charge on any atom is 0.322 e. The highest BCUT2D eigenvalue weighted by molar-refractivity contribution is 6.32. The van der Waals surface area contributed by atoms with Crippen LogP contribution >= 0.6 is 11.6 Å². The van der Waals surface area contributed by atoms with Crippen molar-refractivity contribution in [1.29, 1.82) is 0 Å². The van der Waals surface area contributed by atoms with Gasteiger partial charge in [-0.25, -0.2) is 9.48 Å². The number of para-hydroxylation sites is 1. The van der Waals surface area contributed by atoms with Crippen LogP contribution in [0.5, 0.6) is 0 Å². The van der Waals surface area contributed by atoms with E-state index in [1.807, 2.05) is 25.1 Å².